The van der Waals surface area contributed by atoms with Crippen LogP contribution in [0.15, 0.2) is 0 Å². The van der Waals surface area contributed by atoms with Crippen molar-refractivity contribution >= 4 is 11.8 Å². The van der Waals surface area contributed by atoms with Crippen molar-refractivity contribution in [3.63, 3.8) is 0 Å². The maximum absolute atomic E-state index is 11.8. The van der Waals surface area contributed by atoms with Crippen LogP contribution in [0.2, 0.25) is 0 Å². The molecule has 0 spiro atoms. The SMILES string of the molecule is CCCC(OCC)C(=O)C(C)C(=O)OC. The standard InChI is InChI=1S/C11H20O4/c1-5-7-9(15-6-2)10(12)8(3)11(13)14-4/h8-9H,5-7H2,1-4H3. The third kappa shape index (κ3) is 4.42. The van der Waals surface area contributed by atoms with Crippen LogP contribution in [0.3, 0.4) is 0 Å². The number of hydrogen-bond acceptors (Lipinski definition) is 4. The average molecular weight is 216 g/mol. The molecule has 2 atom stereocenters. The minimum Gasteiger partial charge on any atom is -0.468 e. The summed E-state index contributed by atoms with van der Waals surface area (Å²) in [6.45, 7) is 5.83. The second-order valence-electron chi connectivity index (χ2n) is 3.38. The molecule has 0 aromatic carbocycles. The Hall–Kier alpha value is -0.900. The van der Waals surface area contributed by atoms with Gasteiger partial charge in [-0.1, -0.05) is 13.3 Å². The number of hydrogen-bond donors (Lipinski definition) is 0. The summed E-state index contributed by atoms with van der Waals surface area (Å²) in [5.74, 6) is -1.43. The van der Waals surface area contributed by atoms with Crippen molar-refractivity contribution < 1.29 is 19.1 Å². The van der Waals surface area contributed by atoms with Crippen LogP contribution in [0.5, 0.6) is 0 Å². The van der Waals surface area contributed by atoms with E-state index in [9.17, 15) is 9.59 Å². The van der Waals surface area contributed by atoms with Crippen LogP contribution in [-0.2, 0) is 19.1 Å². The molecule has 0 bridgehead atoms. The predicted octanol–water partition coefficient (Wildman–Crippen LogP) is 1.57. The van der Waals surface area contributed by atoms with Crippen LogP contribution in [0.4, 0.5) is 0 Å². The van der Waals surface area contributed by atoms with Crippen LogP contribution >= 0.6 is 0 Å². The van der Waals surface area contributed by atoms with E-state index in [2.05, 4.69) is 4.74 Å². The predicted molar refractivity (Wildman–Crippen MR) is 56.5 cm³/mol. The van der Waals surface area contributed by atoms with Gasteiger partial charge in [0.15, 0.2) is 5.78 Å². The van der Waals surface area contributed by atoms with Gasteiger partial charge < -0.3 is 9.47 Å². The summed E-state index contributed by atoms with van der Waals surface area (Å²) in [7, 11) is 1.28. The number of methoxy groups -OCH3 is 1. The van der Waals surface area contributed by atoms with Gasteiger partial charge in [-0.15, -0.1) is 0 Å². The summed E-state index contributed by atoms with van der Waals surface area (Å²) in [6, 6.07) is 0. The number of carbonyl (C=O) groups is 2. The number of ether oxygens (including phenoxy) is 2. The highest BCUT2D eigenvalue weighted by Crippen LogP contribution is 2.11. The molecule has 0 aliphatic rings. The zero-order valence-electron chi connectivity index (χ0n) is 9.91. The van der Waals surface area contributed by atoms with Gasteiger partial charge >= 0.3 is 5.97 Å². The first-order chi connectivity index (χ1) is 7.08. The van der Waals surface area contributed by atoms with Gasteiger partial charge in [0.1, 0.15) is 12.0 Å². The highest BCUT2D eigenvalue weighted by Gasteiger charge is 2.29. The van der Waals surface area contributed by atoms with Gasteiger partial charge in [-0.3, -0.25) is 9.59 Å². The van der Waals surface area contributed by atoms with Crippen molar-refractivity contribution in [3.8, 4) is 0 Å². The van der Waals surface area contributed by atoms with Gasteiger partial charge in [-0.05, 0) is 20.3 Å². The van der Waals surface area contributed by atoms with Gasteiger partial charge in [0, 0.05) is 6.61 Å². The summed E-state index contributed by atoms with van der Waals surface area (Å²) < 4.78 is 9.83. The van der Waals surface area contributed by atoms with Gasteiger partial charge in [0.2, 0.25) is 0 Å². The molecule has 88 valence electrons. The molecule has 0 saturated heterocycles. The van der Waals surface area contributed by atoms with E-state index in [4.69, 9.17) is 4.74 Å². The Kier molecular flexibility index (Phi) is 6.96. The van der Waals surface area contributed by atoms with Crippen molar-refractivity contribution in [1.82, 2.24) is 0 Å². The smallest absolute Gasteiger partial charge is 0.316 e. The Morgan fingerprint density at radius 2 is 1.87 bits per heavy atom. The molecule has 0 aliphatic carbocycles. The maximum Gasteiger partial charge on any atom is 0.316 e. The molecule has 0 heterocycles. The second kappa shape index (κ2) is 7.40. The first kappa shape index (κ1) is 14.1. The highest BCUT2D eigenvalue weighted by molar-refractivity contribution is 6.00. The number of rotatable bonds is 7. The lowest BCUT2D eigenvalue weighted by molar-refractivity contribution is -0.152. The van der Waals surface area contributed by atoms with Gasteiger partial charge in [-0.2, -0.15) is 0 Å². The van der Waals surface area contributed by atoms with Gasteiger partial charge in [-0.25, -0.2) is 0 Å². The first-order valence-corrected chi connectivity index (χ1v) is 5.31. The van der Waals surface area contributed by atoms with E-state index in [-0.39, 0.29) is 5.78 Å². The zero-order valence-corrected chi connectivity index (χ0v) is 9.91. The summed E-state index contributed by atoms with van der Waals surface area (Å²) >= 11 is 0. The molecular weight excluding hydrogens is 196 g/mol. The second-order valence-corrected chi connectivity index (χ2v) is 3.38. The molecule has 4 nitrogen and oxygen atoms in total. The number of Topliss-reactive ketones (excluding diaryl/α,β-unsaturated/α-hetero) is 1. The Morgan fingerprint density at radius 1 is 1.27 bits per heavy atom. The minimum atomic E-state index is -0.738. The third-order valence-corrected chi connectivity index (χ3v) is 2.22. The first-order valence-electron chi connectivity index (χ1n) is 5.31. The fourth-order valence-corrected chi connectivity index (χ4v) is 1.34. The lowest BCUT2D eigenvalue weighted by Gasteiger charge is -2.17. The Labute approximate surface area is 90.9 Å². The number of carbonyl (C=O) groups excluding carboxylic acids is 2. The topological polar surface area (TPSA) is 52.6 Å². The van der Waals surface area contributed by atoms with Crippen LogP contribution in [0.1, 0.15) is 33.6 Å². The monoisotopic (exact) mass is 216 g/mol. The molecule has 15 heavy (non-hydrogen) atoms. The van der Waals surface area contributed by atoms with Crippen molar-refractivity contribution in [2.45, 2.75) is 39.7 Å². The highest BCUT2D eigenvalue weighted by atomic mass is 16.5. The Bertz CT molecular complexity index is 207. The molecule has 0 saturated carbocycles. The number of esters is 1. The minimum absolute atomic E-state index is 0.189. The van der Waals surface area contributed by atoms with Crippen LogP contribution in [0, 0.1) is 5.92 Å². The Balaban J connectivity index is 4.40. The molecule has 0 rings (SSSR count). The van der Waals surface area contributed by atoms with Crippen LogP contribution in [0.25, 0.3) is 0 Å². The lowest BCUT2D eigenvalue weighted by atomic mass is 9.99. The van der Waals surface area contributed by atoms with E-state index in [1.54, 1.807) is 6.92 Å². The molecule has 0 amide bonds. The fraction of sp³-hybridized carbons (Fsp3) is 0.818. The van der Waals surface area contributed by atoms with Crippen LogP contribution in [-0.4, -0.2) is 31.6 Å². The van der Waals surface area contributed by atoms with Gasteiger partial charge in [0.05, 0.1) is 7.11 Å². The fourth-order valence-electron chi connectivity index (χ4n) is 1.34. The molecule has 0 aromatic heterocycles. The molecule has 0 radical (unpaired) electrons. The third-order valence-electron chi connectivity index (χ3n) is 2.22. The molecule has 2 unspecified atom stereocenters. The molecule has 0 fully saturated rings. The van der Waals surface area contributed by atoms with Crippen molar-refractivity contribution in [3.05, 3.63) is 0 Å². The maximum atomic E-state index is 11.8. The summed E-state index contributed by atoms with van der Waals surface area (Å²) in [5.41, 5.74) is 0. The zero-order chi connectivity index (χ0) is 11.8. The largest absolute Gasteiger partial charge is 0.468 e. The van der Waals surface area contributed by atoms with E-state index in [0.717, 1.165) is 6.42 Å². The number of ketones is 1. The van der Waals surface area contributed by atoms with E-state index in [1.807, 2.05) is 13.8 Å². The van der Waals surface area contributed by atoms with Crippen molar-refractivity contribution in [2.75, 3.05) is 13.7 Å². The quantitative estimate of drug-likeness (QED) is 0.479. The molecule has 0 aromatic rings. The van der Waals surface area contributed by atoms with E-state index < -0.39 is 18.0 Å². The average Bonchev–Trinajstić information content (AvgIpc) is 2.25. The summed E-state index contributed by atoms with van der Waals surface area (Å²) in [5, 5.41) is 0. The van der Waals surface area contributed by atoms with E-state index in [1.165, 1.54) is 7.11 Å². The van der Waals surface area contributed by atoms with E-state index in [0.29, 0.717) is 13.0 Å². The van der Waals surface area contributed by atoms with Gasteiger partial charge in [0.25, 0.3) is 0 Å². The van der Waals surface area contributed by atoms with Crippen LogP contribution < -0.4 is 0 Å². The van der Waals surface area contributed by atoms with E-state index >= 15 is 0 Å². The lowest BCUT2D eigenvalue weighted by Crippen LogP contribution is -2.34. The molecular formula is C11H20O4. The molecule has 4 heteroatoms. The summed E-state index contributed by atoms with van der Waals surface area (Å²) in [4.78, 5) is 23.0. The Morgan fingerprint density at radius 3 is 2.27 bits per heavy atom. The van der Waals surface area contributed by atoms with Crippen molar-refractivity contribution in [2.24, 2.45) is 5.92 Å². The molecule has 0 N–H and O–H groups in total. The normalized spacial score (nSPS) is 14.4. The summed E-state index contributed by atoms with van der Waals surface area (Å²) in [6.07, 6.45) is 1.02. The van der Waals surface area contributed by atoms with Crippen molar-refractivity contribution in [1.29, 1.82) is 0 Å². The molecule has 0 aliphatic heterocycles.